The molecular formula is C8H16Cl4MoO4. The van der Waals surface area contributed by atoms with Gasteiger partial charge in [-0.1, -0.05) is 27.7 Å². The zero-order chi connectivity index (χ0) is 14.3. The summed E-state index contributed by atoms with van der Waals surface area (Å²) >= 11 is 18.9. The van der Waals surface area contributed by atoms with Crippen LogP contribution in [-0.4, -0.2) is 22.3 Å². The summed E-state index contributed by atoms with van der Waals surface area (Å²) in [5, 5.41) is 37.2. The number of hydrogen-bond acceptors (Lipinski definition) is 4. The number of alkyl halides is 4. The molecule has 106 valence electrons. The van der Waals surface area contributed by atoms with E-state index < -0.39 is 22.3 Å². The van der Waals surface area contributed by atoms with Crippen molar-refractivity contribution in [1.29, 1.82) is 0 Å². The largest absolute Gasteiger partial charge is 4.00 e. The van der Waals surface area contributed by atoms with Gasteiger partial charge in [-0.2, -0.15) is 0 Å². The molecule has 9 heteroatoms. The summed E-state index contributed by atoms with van der Waals surface area (Å²) in [7, 11) is 0. The molecular weight excluding hydrogens is 398 g/mol. The molecule has 0 aliphatic heterocycles. The van der Waals surface area contributed by atoms with Crippen molar-refractivity contribution in [1.82, 2.24) is 0 Å². The molecule has 0 spiro atoms. The molecule has 0 aromatic carbocycles. The Labute approximate surface area is 137 Å². The maximum Gasteiger partial charge on any atom is 4.00 e. The van der Waals surface area contributed by atoms with Crippen LogP contribution in [0.1, 0.15) is 27.7 Å². The van der Waals surface area contributed by atoms with E-state index in [1.807, 2.05) is 0 Å². The molecule has 0 N–H and O–H groups in total. The second-order valence-corrected chi connectivity index (χ2v) is 4.63. The number of halogens is 4. The van der Waals surface area contributed by atoms with E-state index in [0.29, 0.717) is 0 Å². The first-order chi connectivity index (χ1) is 6.93. The fourth-order valence-corrected chi connectivity index (χ4v) is 0. The average molecular weight is 414 g/mol. The Kier molecular flexibility index (Phi) is 48.3. The number of rotatable bonds is 0. The van der Waals surface area contributed by atoms with Crippen LogP contribution in [-0.2, 0) is 21.1 Å². The minimum absolute atomic E-state index is 0. The third-order valence-electron chi connectivity index (χ3n) is 0. The van der Waals surface area contributed by atoms with Crippen molar-refractivity contribution in [3.63, 3.8) is 0 Å². The normalized spacial score (nSPS) is 14.8. The summed E-state index contributed by atoms with van der Waals surface area (Å²) in [6, 6.07) is 0. The molecule has 4 unspecified atom stereocenters. The fraction of sp³-hybridized carbons (Fsp3) is 1.00. The Hall–Kier alpha value is 1.69. The summed E-state index contributed by atoms with van der Waals surface area (Å²) in [6.45, 7) is 5.51. The SMILES string of the molecule is CC([O-])Cl.CC([O-])Cl.CC([O-])Cl.CC([O-])Cl.[Mo+4]. The zero-order valence-corrected chi connectivity index (χ0v) is 14.9. The molecule has 0 aromatic heterocycles. The van der Waals surface area contributed by atoms with Gasteiger partial charge in [0.15, 0.2) is 0 Å². The van der Waals surface area contributed by atoms with Crippen molar-refractivity contribution < 1.29 is 41.5 Å². The molecule has 0 amide bonds. The van der Waals surface area contributed by atoms with Gasteiger partial charge in [0.1, 0.15) is 0 Å². The van der Waals surface area contributed by atoms with Gasteiger partial charge in [-0.15, -0.1) is 46.4 Å². The Morgan fingerprint density at radius 3 is 0.529 bits per heavy atom. The molecule has 0 radical (unpaired) electrons. The third kappa shape index (κ3) is 1530. The van der Waals surface area contributed by atoms with E-state index in [4.69, 9.17) is 46.4 Å². The van der Waals surface area contributed by atoms with Gasteiger partial charge in [0.05, 0.1) is 0 Å². The maximum absolute atomic E-state index is 9.29. The monoisotopic (exact) mass is 414 g/mol. The van der Waals surface area contributed by atoms with Crippen LogP contribution in [0.4, 0.5) is 0 Å². The van der Waals surface area contributed by atoms with E-state index in [0.717, 1.165) is 0 Å². The van der Waals surface area contributed by atoms with Crippen LogP contribution in [0.2, 0.25) is 0 Å². The van der Waals surface area contributed by atoms with Crippen LogP contribution < -0.4 is 20.4 Å². The summed E-state index contributed by atoms with van der Waals surface area (Å²) < 4.78 is 0. The molecule has 0 saturated carbocycles. The van der Waals surface area contributed by atoms with Gasteiger partial charge in [-0.25, -0.2) is 0 Å². The second kappa shape index (κ2) is 26.3. The predicted octanol–water partition coefficient (Wildman–Crippen LogP) is -0.277. The third-order valence-corrected chi connectivity index (χ3v) is 0. The van der Waals surface area contributed by atoms with Gasteiger partial charge < -0.3 is 20.4 Å². The first kappa shape index (κ1) is 31.2. The van der Waals surface area contributed by atoms with Crippen molar-refractivity contribution in [2.75, 3.05) is 0 Å². The molecule has 0 heterocycles. The molecule has 17 heavy (non-hydrogen) atoms. The molecule has 4 nitrogen and oxygen atoms in total. The molecule has 0 fully saturated rings. The summed E-state index contributed by atoms with van der Waals surface area (Å²) in [5.74, 6) is 0. The molecule has 0 saturated heterocycles. The van der Waals surface area contributed by atoms with Crippen LogP contribution in [0.3, 0.4) is 0 Å². The minimum atomic E-state index is -0.944. The van der Waals surface area contributed by atoms with E-state index >= 15 is 0 Å². The Balaban J connectivity index is -0.0000000369. The summed E-state index contributed by atoms with van der Waals surface area (Å²) in [6.07, 6.45) is 0. The average Bonchev–Trinajstić information content (AvgIpc) is 1.76. The van der Waals surface area contributed by atoms with Gasteiger partial charge >= 0.3 is 21.1 Å². The van der Waals surface area contributed by atoms with E-state index in [9.17, 15) is 20.4 Å². The first-order valence-corrected chi connectivity index (χ1v) is 5.87. The molecule has 0 aliphatic rings. The van der Waals surface area contributed by atoms with Gasteiger partial charge in [0, 0.05) is 0 Å². The van der Waals surface area contributed by atoms with E-state index in [1.54, 1.807) is 0 Å². The van der Waals surface area contributed by atoms with Gasteiger partial charge in [-0.05, 0) is 22.3 Å². The Morgan fingerprint density at radius 1 is 0.529 bits per heavy atom. The van der Waals surface area contributed by atoms with E-state index in [-0.39, 0.29) is 21.1 Å². The van der Waals surface area contributed by atoms with Gasteiger partial charge in [-0.3, -0.25) is 0 Å². The standard InChI is InChI=1S/4C2H4ClO.Mo/c4*1-2(3)4;/h4*2H,1H3;/q4*-1;+4. The molecule has 0 rings (SSSR count). The van der Waals surface area contributed by atoms with Crippen molar-refractivity contribution in [2.45, 2.75) is 49.9 Å². The van der Waals surface area contributed by atoms with Crippen molar-refractivity contribution in [2.24, 2.45) is 0 Å². The quantitative estimate of drug-likeness (QED) is 0.403. The van der Waals surface area contributed by atoms with Gasteiger partial charge in [0.2, 0.25) is 0 Å². The van der Waals surface area contributed by atoms with Crippen LogP contribution in [0.15, 0.2) is 0 Å². The van der Waals surface area contributed by atoms with E-state index in [1.165, 1.54) is 27.7 Å². The summed E-state index contributed by atoms with van der Waals surface area (Å²) in [4.78, 5) is 0. The van der Waals surface area contributed by atoms with Crippen LogP contribution in [0.5, 0.6) is 0 Å². The molecule has 4 atom stereocenters. The maximum atomic E-state index is 9.29. The summed E-state index contributed by atoms with van der Waals surface area (Å²) in [5.41, 5.74) is -3.78. The number of hydrogen-bond donors (Lipinski definition) is 0. The molecule has 0 bridgehead atoms. The predicted molar refractivity (Wildman–Crippen MR) is 61.3 cm³/mol. The topological polar surface area (TPSA) is 92.2 Å². The van der Waals surface area contributed by atoms with E-state index in [2.05, 4.69) is 0 Å². The van der Waals surface area contributed by atoms with Crippen molar-refractivity contribution in [3.8, 4) is 0 Å². The minimum Gasteiger partial charge on any atom is -0.840 e. The Bertz CT molecular complexity index is 72.5. The van der Waals surface area contributed by atoms with Crippen LogP contribution in [0.25, 0.3) is 0 Å². The van der Waals surface area contributed by atoms with Crippen LogP contribution >= 0.6 is 46.4 Å². The van der Waals surface area contributed by atoms with Crippen molar-refractivity contribution >= 4 is 46.4 Å². The smallest absolute Gasteiger partial charge is 0.840 e. The van der Waals surface area contributed by atoms with Crippen molar-refractivity contribution in [3.05, 3.63) is 0 Å². The second-order valence-electron chi connectivity index (χ2n) is 2.17. The Morgan fingerprint density at radius 2 is 0.529 bits per heavy atom. The zero-order valence-electron chi connectivity index (χ0n) is 9.86. The van der Waals surface area contributed by atoms with Gasteiger partial charge in [0.25, 0.3) is 0 Å². The molecule has 0 aliphatic carbocycles. The van der Waals surface area contributed by atoms with Crippen LogP contribution in [0, 0.1) is 0 Å². The molecule has 0 aromatic rings. The first-order valence-electron chi connectivity index (χ1n) is 4.13. The fourth-order valence-electron chi connectivity index (χ4n) is 0.